The number of benzene rings is 2. The standard InChI is InChI=1S/C20H17FN4OS/c1-14-3-5-15(6-4-14)19(26)25(12-11-24-10-2-9-22-24)20-23-17-8-7-16(21)13-18(17)27-20/h2-10,13H,11-12H2,1H3. The van der Waals surface area contributed by atoms with Crippen LogP contribution in [0.4, 0.5) is 9.52 Å². The van der Waals surface area contributed by atoms with Gasteiger partial charge in [0.05, 0.1) is 16.8 Å². The van der Waals surface area contributed by atoms with Crippen LogP contribution in [0.2, 0.25) is 0 Å². The van der Waals surface area contributed by atoms with Crippen LogP contribution in [0.15, 0.2) is 60.9 Å². The van der Waals surface area contributed by atoms with Crippen molar-refractivity contribution in [3.05, 3.63) is 77.9 Å². The number of rotatable bonds is 5. The highest BCUT2D eigenvalue weighted by Crippen LogP contribution is 2.30. The van der Waals surface area contributed by atoms with E-state index in [9.17, 15) is 9.18 Å². The molecule has 0 unspecified atom stereocenters. The molecular weight excluding hydrogens is 363 g/mol. The summed E-state index contributed by atoms with van der Waals surface area (Å²) in [7, 11) is 0. The van der Waals surface area contributed by atoms with Crippen molar-refractivity contribution in [2.45, 2.75) is 13.5 Å². The summed E-state index contributed by atoms with van der Waals surface area (Å²) in [4.78, 5) is 19.3. The van der Waals surface area contributed by atoms with Crippen LogP contribution in [0.5, 0.6) is 0 Å². The Morgan fingerprint density at radius 1 is 1.22 bits per heavy atom. The van der Waals surface area contributed by atoms with Gasteiger partial charge >= 0.3 is 0 Å². The maximum atomic E-state index is 13.5. The lowest BCUT2D eigenvalue weighted by Crippen LogP contribution is -2.34. The number of hydrogen-bond acceptors (Lipinski definition) is 4. The van der Waals surface area contributed by atoms with E-state index >= 15 is 0 Å². The molecule has 27 heavy (non-hydrogen) atoms. The molecule has 5 nitrogen and oxygen atoms in total. The van der Waals surface area contributed by atoms with E-state index < -0.39 is 0 Å². The number of fused-ring (bicyclic) bond motifs is 1. The van der Waals surface area contributed by atoms with Gasteiger partial charge in [0.25, 0.3) is 5.91 Å². The molecule has 0 saturated carbocycles. The van der Waals surface area contributed by atoms with Gasteiger partial charge in [0.2, 0.25) is 0 Å². The third-order valence-electron chi connectivity index (χ3n) is 4.23. The highest BCUT2D eigenvalue weighted by Gasteiger charge is 2.21. The number of aromatic nitrogens is 3. The first kappa shape index (κ1) is 17.4. The normalized spacial score (nSPS) is 11.0. The molecule has 2 aromatic heterocycles. The van der Waals surface area contributed by atoms with Gasteiger partial charge in [0.1, 0.15) is 5.82 Å². The quantitative estimate of drug-likeness (QED) is 0.519. The van der Waals surface area contributed by atoms with Crippen LogP contribution in [-0.2, 0) is 6.54 Å². The number of halogens is 1. The molecule has 0 atom stereocenters. The van der Waals surface area contributed by atoms with Crippen LogP contribution in [0, 0.1) is 12.7 Å². The van der Waals surface area contributed by atoms with Crippen molar-refractivity contribution in [3.63, 3.8) is 0 Å². The fraction of sp³-hybridized carbons (Fsp3) is 0.150. The van der Waals surface area contributed by atoms with E-state index in [1.807, 2.05) is 43.5 Å². The summed E-state index contributed by atoms with van der Waals surface area (Å²) in [5, 5.41) is 4.74. The molecule has 136 valence electrons. The zero-order valence-electron chi connectivity index (χ0n) is 14.7. The van der Waals surface area contributed by atoms with E-state index in [-0.39, 0.29) is 11.7 Å². The number of nitrogens with zero attached hydrogens (tertiary/aromatic N) is 4. The number of carbonyl (C=O) groups excluding carboxylic acids is 1. The molecule has 0 fully saturated rings. The molecule has 1 amide bonds. The number of carbonyl (C=O) groups is 1. The smallest absolute Gasteiger partial charge is 0.260 e. The van der Waals surface area contributed by atoms with Gasteiger partial charge in [-0.2, -0.15) is 5.10 Å². The average molecular weight is 380 g/mol. The van der Waals surface area contributed by atoms with E-state index in [1.54, 1.807) is 21.8 Å². The van der Waals surface area contributed by atoms with Gasteiger partial charge in [0.15, 0.2) is 5.13 Å². The first-order chi connectivity index (χ1) is 13.1. The zero-order valence-corrected chi connectivity index (χ0v) is 15.5. The summed E-state index contributed by atoms with van der Waals surface area (Å²) in [5.41, 5.74) is 2.36. The van der Waals surface area contributed by atoms with Crippen LogP contribution in [0.25, 0.3) is 10.2 Å². The van der Waals surface area contributed by atoms with Crippen molar-refractivity contribution in [2.24, 2.45) is 0 Å². The third-order valence-corrected chi connectivity index (χ3v) is 5.27. The predicted octanol–water partition coefficient (Wildman–Crippen LogP) is 4.29. The van der Waals surface area contributed by atoms with E-state index in [4.69, 9.17) is 0 Å². The largest absolute Gasteiger partial charge is 0.282 e. The Morgan fingerprint density at radius 2 is 2.04 bits per heavy atom. The highest BCUT2D eigenvalue weighted by atomic mass is 32.1. The average Bonchev–Trinajstić information content (AvgIpc) is 3.31. The minimum absolute atomic E-state index is 0.137. The van der Waals surface area contributed by atoms with Crippen molar-refractivity contribution in [3.8, 4) is 0 Å². The predicted molar refractivity (Wildman–Crippen MR) is 105 cm³/mol. The third kappa shape index (κ3) is 3.73. The highest BCUT2D eigenvalue weighted by molar-refractivity contribution is 7.22. The number of amides is 1. The van der Waals surface area contributed by atoms with Crippen molar-refractivity contribution >= 4 is 32.6 Å². The second-order valence-electron chi connectivity index (χ2n) is 6.20. The van der Waals surface area contributed by atoms with Gasteiger partial charge in [-0.3, -0.25) is 14.4 Å². The van der Waals surface area contributed by atoms with Crippen molar-refractivity contribution in [1.29, 1.82) is 0 Å². The van der Waals surface area contributed by atoms with Gasteiger partial charge in [-0.15, -0.1) is 0 Å². The van der Waals surface area contributed by atoms with Crippen molar-refractivity contribution < 1.29 is 9.18 Å². The molecule has 0 spiro atoms. The fourth-order valence-corrected chi connectivity index (χ4v) is 3.79. The monoisotopic (exact) mass is 380 g/mol. The van der Waals surface area contributed by atoms with Gasteiger partial charge in [-0.25, -0.2) is 9.37 Å². The molecule has 0 bridgehead atoms. The lowest BCUT2D eigenvalue weighted by Gasteiger charge is -2.20. The molecule has 0 aliphatic heterocycles. The van der Waals surface area contributed by atoms with Crippen molar-refractivity contribution in [2.75, 3.05) is 11.4 Å². The Balaban J connectivity index is 1.69. The van der Waals surface area contributed by atoms with Gasteiger partial charge in [0, 0.05) is 24.5 Å². The Kier molecular flexibility index (Phi) is 4.68. The SMILES string of the molecule is Cc1ccc(C(=O)N(CCn2cccn2)c2nc3ccc(F)cc3s2)cc1. The molecule has 0 radical (unpaired) electrons. The Bertz CT molecular complexity index is 1070. The molecule has 0 aliphatic rings. The Hall–Kier alpha value is -3.06. The summed E-state index contributed by atoms with van der Waals surface area (Å²) in [6.45, 7) is 2.93. The van der Waals surface area contributed by atoms with E-state index in [2.05, 4.69) is 10.1 Å². The lowest BCUT2D eigenvalue weighted by molar-refractivity contribution is 0.0986. The molecule has 0 saturated heterocycles. The second-order valence-corrected chi connectivity index (χ2v) is 7.21. The van der Waals surface area contributed by atoms with Gasteiger partial charge in [-0.1, -0.05) is 29.0 Å². The van der Waals surface area contributed by atoms with Crippen LogP contribution < -0.4 is 4.90 Å². The number of hydrogen-bond donors (Lipinski definition) is 0. The molecule has 4 rings (SSSR count). The maximum absolute atomic E-state index is 13.5. The zero-order chi connectivity index (χ0) is 18.8. The maximum Gasteiger partial charge on any atom is 0.260 e. The molecule has 7 heteroatoms. The lowest BCUT2D eigenvalue weighted by atomic mass is 10.1. The molecule has 4 aromatic rings. The summed E-state index contributed by atoms with van der Waals surface area (Å²) < 4.78 is 16.0. The summed E-state index contributed by atoms with van der Waals surface area (Å²) in [5.74, 6) is -0.452. The summed E-state index contributed by atoms with van der Waals surface area (Å²) >= 11 is 1.31. The Labute approximate surface area is 159 Å². The van der Waals surface area contributed by atoms with E-state index in [0.29, 0.717) is 34.0 Å². The topological polar surface area (TPSA) is 51.0 Å². The Morgan fingerprint density at radius 3 is 2.78 bits per heavy atom. The molecule has 2 heterocycles. The minimum atomic E-state index is -0.314. The summed E-state index contributed by atoms with van der Waals surface area (Å²) in [6, 6.07) is 13.7. The molecule has 0 aliphatic carbocycles. The van der Waals surface area contributed by atoms with Crippen LogP contribution in [-0.4, -0.2) is 27.2 Å². The number of thiazole rings is 1. The van der Waals surface area contributed by atoms with Crippen molar-refractivity contribution in [1.82, 2.24) is 14.8 Å². The number of anilines is 1. The molecule has 0 N–H and O–H groups in total. The first-order valence-electron chi connectivity index (χ1n) is 8.52. The van der Waals surface area contributed by atoms with E-state index in [0.717, 1.165) is 5.56 Å². The van der Waals surface area contributed by atoms with E-state index in [1.165, 1.54) is 23.5 Å². The number of aryl methyl sites for hydroxylation is 1. The molecule has 2 aromatic carbocycles. The molecular formula is C20H17FN4OS. The second kappa shape index (κ2) is 7.28. The van der Waals surface area contributed by atoms with Crippen LogP contribution in [0.1, 0.15) is 15.9 Å². The fourth-order valence-electron chi connectivity index (χ4n) is 2.77. The van der Waals surface area contributed by atoms with Gasteiger partial charge < -0.3 is 0 Å². The first-order valence-corrected chi connectivity index (χ1v) is 9.34. The van der Waals surface area contributed by atoms with Crippen LogP contribution in [0.3, 0.4) is 0 Å². The van der Waals surface area contributed by atoms with Crippen LogP contribution >= 0.6 is 11.3 Å². The summed E-state index contributed by atoms with van der Waals surface area (Å²) in [6.07, 6.45) is 3.55. The van der Waals surface area contributed by atoms with Gasteiger partial charge in [-0.05, 0) is 43.3 Å². The minimum Gasteiger partial charge on any atom is -0.282 e.